The quantitative estimate of drug-likeness (QED) is 0.845. The van der Waals surface area contributed by atoms with E-state index in [1.54, 1.807) is 11.5 Å². The fraction of sp³-hybridized carbons (Fsp3) is 0.846. The van der Waals surface area contributed by atoms with Crippen LogP contribution in [0.5, 0.6) is 0 Å². The Labute approximate surface area is 108 Å². The van der Waals surface area contributed by atoms with Crippen LogP contribution in [0.25, 0.3) is 0 Å². The Bertz CT molecular complexity index is 331. The van der Waals surface area contributed by atoms with Crippen molar-refractivity contribution in [2.45, 2.75) is 58.4 Å². The van der Waals surface area contributed by atoms with Crippen LogP contribution in [0.15, 0.2) is 0 Å². The standard InChI is InChI=1S/C13H23N3S/c1-3-11-13(17-16-15-11)12(14-4-2)9-10-7-5-6-8-10/h10,12,14H,3-9H2,1-2H3. The summed E-state index contributed by atoms with van der Waals surface area (Å²) in [5, 5.41) is 7.86. The van der Waals surface area contributed by atoms with E-state index in [1.807, 2.05) is 0 Å². The largest absolute Gasteiger partial charge is 0.309 e. The molecule has 1 aromatic rings. The van der Waals surface area contributed by atoms with Gasteiger partial charge in [-0.3, -0.25) is 0 Å². The van der Waals surface area contributed by atoms with Gasteiger partial charge < -0.3 is 5.32 Å². The minimum atomic E-state index is 0.484. The molecule has 1 N–H and O–H groups in total. The first-order valence-electron chi connectivity index (χ1n) is 6.89. The van der Waals surface area contributed by atoms with Gasteiger partial charge in [0.15, 0.2) is 0 Å². The highest BCUT2D eigenvalue weighted by Crippen LogP contribution is 2.34. The molecule has 1 saturated carbocycles. The zero-order chi connectivity index (χ0) is 12.1. The van der Waals surface area contributed by atoms with Gasteiger partial charge in [-0.05, 0) is 36.8 Å². The molecular weight excluding hydrogens is 230 g/mol. The molecule has 17 heavy (non-hydrogen) atoms. The molecule has 1 aliphatic rings. The maximum atomic E-state index is 4.24. The van der Waals surface area contributed by atoms with Gasteiger partial charge in [0.2, 0.25) is 0 Å². The molecule has 4 heteroatoms. The normalized spacial score (nSPS) is 18.7. The molecule has 1 aromatic heterocycles. The van der Waals surface area contributed by atoms with E-state index >= 15 is 0 Å². The van der Waals surface area contributed by atoms with Crippen LogP contribution in [0.4, 0.5) is 0 Å². The van der Waals surface area contributed by atoms with Crippen LogP contribution in [-0.2, 0) is 6.42 Å². The van der Waals surface area contributed by atoms with Crippen molar-refractivity contribution in [1.29, 1.82) is 0 Å². The second-order valence-electron chi connectivity index (χ2n) is 4.93. The molecule has 0 aromatic carbocycles. The molecule has 96 valence electrons. The van der Waals surface area contributed by atoms with E-state index in [2.05, 4.69) is 28.8 Å². The van der Waals surface area contributed by atoms with Crippen molar-refractivity contribution in [3.63, 3.8) is 0 Å². The Hall–Kier alpha value is -0.480. The summed E-state index contributed by atoms with van der Waals surface area (Å²) < 4.78 is 4.12. The van der Waals surface area contributed by atoms with Gasteiger partial charge in [-0.25, -0.2) is 0 Å². The lowest BCUT2D eigenvalue weighted by Crippen LogP contribution is -2.23. The molecule has 1 atom stereocenters. The number of nitrogens with one attached hydrogen (secondary N) is 1. The van der Waals surface area contributed by atoms with Crippen molar-refractivity contribution in [2.24, 2.45) is 5.92 Å². The van der Waals surface area contributed by atoms with Gasteiger partial charge in [0.25, 0.3) is 0 Å². The molecule has 2 rings (SSSR count). The van der Waals surface area contributed by atoms with E-state index in [0.29, 0.717) is 6.04 Å². The molecule has 0 radical (unpaired) electrons. The summed E-state index contributed by atoms with van der Waals surface area (Å²) in [7, 11) is 0. The summed E-state index contributed by atoms with van der Waals surface area (Å²) in [5.74, 6) is 0.908. The summed E-state index contributed by atoms with van der Waals surface area (Å²) in [5.41, 5.74) is 1.19. The Morgan fingerprint density at radius 2 is 2.12 bits per heavy atom. The molecule has 0 saturated heterocycles. The molecule has 0 amide bonds. The van der Waals surface area contributed by atoms with Gasteiger partial charge >= 0.3 is 0 Å². The van der Waals surface area contributed by atoms with E-state index in [0.717, 1.165) is 18.9 Å². The van der Waals surface area contributed by atoms with Crippen LogP contribution in [0.1, 0.15) is 62.6 Å². The van der Waals surface area contributed by atoms with Crippen LogP contribution in [0.2, 0.25) is 0 Å². The molecule has 1 aliphatic carbocycles. The van der Waals surface area contributed by atoms with Gasteiger partial charge in [0, 0.05) is 6.04 Å². The van der Waals surface area contributed by atoms with Gasteiger partial charge in [0.05, 0.1) is 10.6 Å². The third-order valence-electron chi connectivity index (χ3n) is 3.73. The van der Waals surface area contributed by atoms with Crippen molar-refractivity contribution in [3.8, 4) is 0 Å². The minimum absolute atomic E-state index is 0.484. The lowest BCUT2D eigenvalue weighted by Gasteiger charge is -2.20. The van der Waals surface area contributed by atoms with Gasteiger partial charge in [-0.15, -0.1) is 5.10 Å². The van der Waals surface area contributed by atoms with Crippen LogP contribution < -0.4 is 5.32 Å². The summed E-state index contributed by atoms with van der Waals surface area (Å²) in [6, 6.07) is 0.484. The summed E-state index contributed by atoms with van der Waals surface area (Å²) >= 11 is 1.58. The minimum Gasteiger partial charge on any atom is -0.309 e. The number of nitrogens with zero attached hydrogens (tertiary/aromatic N) is 2. The smallest absolute Gasteiger partial charge is 0.0800 e. The Morgan fingerprint density at radius 3 is 2.76 bits per heavy atom. The summed E-state index contributed by atoms with van der Waals surface area (Å²) in [6.45, 7) is 5.37. The van der Waals surface area contributed by atoms with E-state index in [-0.39, 0.29) is 0 Å². The third-order valence-corrected chi connectivity index (χ3v) is 4.61. The predicted molar refractivity (Wildman–Crippen MR) is 72.3 cm³/mol. The Morgan fingerprint density at radius 1 is 1.35 bits per heavy atom. The molecular formula is C13H23N3S. The average Bonchev–Trinajstić information content (AvgIpc) is 2.98. The van der Waals surface area contributed by atoms with E-state index in [9.17, 15) is 0 Å². The van der Waals surface area contributed by atoms with E-state index in [1.165, 1.54) is 42.7 Å². The lowest BCUT2D eigenvalue weighted by molar-refractivity contribution is 0.403. The number of aromatic nitrogens is 2. The maximum Gasteiger partial charge on any atom is 0.0800 e. The predicted octanol–water partition coefficient (Wildman–Crippen LogP) is 3.33. The second kappa shape index (κ2) is 6.45. The van der Waals surface area contributed by atoms with Crippen molar-refractivity contribution < 1.29 is 0 Å². The Balaban J connectivity index is 2.04. The van der Waals surface area contributed by atoms with E-state index < -0.39 is 0 Å². The molecule has 3 nitrogen and oxygen atoms in total. The third kappa shape index (κ3) is 3.26. The summed E-state index contributed by atoms with van der Waals surface area (Å²) in [4.78, 5) is 1.38. The molecule has 0 spiro atoms. The number of hydrogen-bond donors (Lipinski definition) is 1. The maximum absolute atomic E-state index is 4.24. The topological polar surface area (TPSA) is 37.8 Å². The SMILES string of the molecule is CCNC(CC1CCCC1)c1snnc1CC. The van der Waals surface area contributed by atoms with Gasteiger partial charge in [0.1, 0.15) is 0 Å². The second-order valence-corrected chi connectivity index (χ2v) is 5.72. The zero-order valence-electron chi connectivity index (χ0n) is 10.9. The number of rotatable bonds is 6. The van der Waals surface area contributed by atoms with Crippen LogP contribution >= 0.6 is 11.5 Å². The van der Waals surface area contributed by atoms with Crippen molar-refractivity contribution in [1.82, 2.24) is 14.9 Å². The molecule has 1 heterocycles. The highest BCUT2D eigenvalue weighted by molar-refractivity contribution is 7.05. The molecule has 1 fully saturated rings. The fourth-order valence-corrected chi connectivity index (χ4v) is 3.66. The molecule has 1 unspecified atom stereocenters. The average molecular weight is 253 g/mol. The monoisotopic (exact) mass is 253 g/mol. The van der Waals surface area contributed by atoms with Crippen molar-refractivity contribution >= 4 is 11.5 Å². The Kier molecular flexibility index (Phi) is 4.92. The highest BCUT2D eigenvalue weighted by Gasteiger charge is 2.24. The highest BCUT2D eigenvalue weighted by atomic mass is 32.1. The van der Waals surface area contributed by atoms with Gasteiger partial charge in [-0.1, -0.05) is 44.0 Å². The van der Waals surface area contributed by atoms with Crippen molar-refractivity contribution in [2.75, 3.05) is 6.54 Å². The first-order valence-corrected chi connectivity index (χ1v) is 7.67. The first-order chi connectivity index (χ1) is 8.35. The number of aryl methyl sites for hydroxylation is 1. The zero-order valence-corrected chi connectivity index (χ0v) is 11.7. The number of hydrogen-bond acceptors (Lipinski definition) is 4. The lowest BCUT2D eigenvalue weighted by atomic mass is 9.96. The van der Waals surface area contributed by atoms with Gasteiger partial charge in [-0.2, -0.15) is 0 Å². The molecule has 0 aliphatic heterocycles. The fourth-order valence-electron chi connectivity index (χ4n) is 2.83. The van der Waals surface area contributed by atoms with Crippen LogP contribution in [0.3, 0.4) is 0 Å². The van der Waals surface area contributed by atoms with E-state index in [4.69, 9.17) is 0 Å². The van der Waals surface area contributed by atoms with Crippen LogP contribution in [0, 0.1) is 5.92 Å². The first kappa shape index (κ1) is 13.0. The van der Waals surface area contributed by atoms with Crippen LogP contribution in [-0.4, -0.2) is 16.1 Å². The molecule has 0 bridgehead atoms. The summed E-state index contributed by atoms with van der Waals surface area (Å²) in [6.07, 6.45) is 7.93. The van der Waals surface area contributed by atoms with Crippen molar-refractivity contribution in [3.05, 3.63) is 10.6 Å².